The van der Waals surface area contributed by atoms with Gasteiger partial charge in [0, 0.05) is 13.1 Å². The highest BCUT2D eigenvalue weighted by Crippen LogP contribution is 2.21. The molecule has 1 rings (SSSR count). The Morgan fingerprint density at radius 1 is 0.357 bits per heavy atom. The molecule has 0 bridgehead atoms. The second-order valence-corrected chi connectivity index (χ2v) is 14.0. The molecule has 1 N–H and O–H groups in total. The van der Waals surface area contributed by atoms with Gasteiger partial charge in [0.2, 0.25) is 0 Å². The third kappa shape index (κ3) is 24.2. The molecule has 42 heavy (non-hydrogen) atoms. The largest absolute Gasteiger partial charge is 0.291 e. The van der Waals surface area contributed by atoms with Gasteiger partial charge in [-0.25, -0.2) is 0 Å². The molecule has 0 atom stereocenters. The van der Waals surface area contributed by atoms with Crippen LogP contribution in [-0.2, 0) is 0 Å². The number of rotatable bonds is 33. The molecule has 0 unspecified atom stereocenters. The number of hydrogen-bond donors (Lipinski definition) is 1. The molecule has 0 spiro atoms. The third-order valence-corrected chi connectivity index (χ3v) is 9.89. The third-order valence-electron chi connectivity index (χ3n) is 9.89. The molecule has 252 valence electrons. The molecule has 1 aliphatic heterocycles. The lowest BCUT2D eigenvalue weighted by Crippen LogP contribution is -2.60. The summed E-state index contributed by atoms with van der Waals surface area (Å²) in [6.07, 6.45) is 45.2. The fourth-order valence-electron chi connectivity index (χ4n) is 7.02. The summed E-state index contributed by atoms with van der Waals surface area (Å²) in [5.74, 6) is 0. The van der Waals surface area contributed by atoms with E-state index in [-0.39, 0.29) is 0 Å². The molecule has 1 aliphatic rings. The average molecular weight is 592 g/mol. The Balaban J connectivity index is 2.31. The lowest BCUT2D eigenvalue weighted by Gasteiger charge is -2.44. The van der Waals surface area contributed by atoms with Crippen molar-refractivity contribution in [3.8, 4) is 0 Å². The van der Waals surface area contributed by atoms with E-state index in [1.54, 1.807) is 0 Å². The quantitative estimate of drug-likeness (QED) is 0.0766. The van der Waals surface area contributed by atoms with Crippen molar-refractivity contribution < 1.29 is 0 Å². The maximum atomic E-state index is 3.78. The highest BCUT2D eigenvalue weighted by Gasteiger charge is 2.27. The van der Waals surface area contributed by atoms with Gasteiger partial charge in [-0.1, -0.05) is 201 Å². The molecule has 3 nitrogen and oxygen atoms in total. The van der Waals surface area contributed by atoms with Crippen LogP contribution in [0.2, 0.25) is 0 Å². The van der Waals surface area contributed by atoms with Crippen molar-refractivity contribution in [2.75, 3.05) is 26.4 Å². The summed E-state index contributed by atoms with van der Waals surface area (Å²) in [7, 11) is 0. The first kappa shape index (κ1) is 39.9. The summed E-state index contributed by atoms with van der Waals surface area (Å²) in [5, 5.41) is 3.78. The van der Waals surface area contributed by atoms with Crippen LogP contribution in [0.25, 0.3) is 0 Å². The van der Waals surface area contributed by atoms with E-state index in [0.29, 0.717) is 6.17 Å². The molecular weight excluding hydrogens is 510 g/mol. The second-order valence-electron chi connectivity index (χ2n) is 14.0. The van der Waals surface area contributed by atoms with Crippen LogP contribution in [0.5, 0.6) is 0 Å². The minimum atomic E-state index is 0.678. The smallest absolute Gasteiger partial charge is 0.0644 e. The van der Waals surface area contributed by atoms with Gasteiger partial charge in [0.15, 0.2) is 0 Å². The summed E-state index contributed by atoms with van der Waals surface area (Å²) in [6.45, 7) is 11.7. The molecule has 0 aromatic heterocycles. The fraction of sp³-hybridized carbons (Fsp3) is 1.00. The minimum Gasteiger partial charge on any atom is -0.291 e. The van der Waals surface area contributed by atoms with E-state index in [9.17, 15) is 0 Å². The maximum absolute atomic E-state index is 3.78. The Bertz CT molecular complexity index is 478. The molecule has 0 aliphatic carbocycles. The Labute approximate surface area is 267 Å². The number of nitrogens with one attached hydrogen (secondary N) is 1. The van der Waals surface area contributed by atoms with Gasteiger partial charge in [-0.05, 0) is 19.3 Å². The van der Waals surface area contributed by atoms with Gasteiger partial charge in [-0.3, -0.25) is 15.1 Å². The molecule has 3 heteroatoms. The summed E-state index contributed by atoms with van der Waals surface area (Å²) in [6, 6.07) is 0. The lowest BCUT2D eigenvalue weighted by atomic mass is 10.0. The van der Waals surface area contributed by atoms with Crippen LogP contribution >= 0.6 is 0 Å². The van der Waals surface area contributed by atoms with Crippen molar-refractivity contribution in [1.82, 2.24) is 15.1 Å². The van der Waals surface area contributed by atoms with Crippen molar-refractivity contribution in [2.45, 2.75) is 226 Å². The first-order valence-electron chi connectivity index (χ1n) is 20.0. The van der Waals surface area contributed by atoms with E-state index < -0.39 is 0 Å². The first-order chi connectivity index (χ1) is 20.8. The van der Waals surface area contributed by atoms with E-state index in [1.165, 1.54) is 212 Å². The van der Waals surface area contributed by atoms with Gasteiger partial charge in [0.25, 0.3) is 0 Å². The average Bonchev–Trinajstić information content (AvgIpc) is 3.00. The van der Waals surface area contributed by atoms with E-state index in [2.05, 4.69) is 35.9 Å². The highest BCUT2D eigenvalue weighted by molar-refractivity contribution is 4.78. The van der Waals surface area contributed by atoms with E-state index in [1.807, 2.05) is 0 Å². The van der Waals surface area contributed by atoms with E-state index in [0.717, 1.165) is 13.3 Å². The lowest BCUT2D eigenvalue weighted by molar-refractivity contribution is -0.0198. The molecule has 1 fully saturated rings. The van der Waals surface area contributed by atoms with Crippen LogP contribution in [0.3, 0.4) is 0 Å². The van der Waals surface area contributed by atoms with Crippen LogP contribution in [0.1, 0.15) is 220 Å². The molecular formula is C39H81N3. The van der Waals surface area contributed by atoms with Crippen LogP contribution < -0.4 is 5.32 Å². The Kier molecular flexibility index (Phi) is 30.7. The van der Waals surface area contributed by atoms with Crippen molar-refractivity contribution in [3.63, 3.8) is 0 Å². The van der Waals surface area contributed by atoms with Gasteiger partial charge in [-0.15, -0.1) is 0 Å². The van der Waals surface area contributed by atoms with Crippen molar-refractivity contribution in [1.29, 1.82) is 0 Å². The zero-order chi connectivity index (χ0) is 30.2. The zero-order valence-electron chi connectivity index (χ0n) is 29.7. The van der Waals surface area contributed by atoms with E-state index >= 15 is 0 Å². The SMILES string of the molecule is CCCCCCCCCCCCC1N(CCCCCCCCCCCC)CNCN1CCCCCCCCCCCC. The van der Waals surface area contributed by atoms with Gasteiger partial charge in [-0.2, -0.15) is 0 Å². The van der Waals surface area contributed by atoms with E-state index in [4.69, 9.17) is 0 Å². The monoisotopic (exact) mass is 592 g/mol. The molecule has 0 saturated carbocycles. The van der Waals surface area contributed by atoms with Gasteiger partial charge >= 0.3 is 0 Å². The van der Waals surface area contributed by atoms with Crippen molar-refractivity contribution >= 4 is 0 Å². The molecule has 0 aromatic rings. The maximum Gasteiger partial charge on any atom is 0.0644 e. The van der Waals surface area contributed by atoms with Crippen molar-refractivity contribution in [2.24, 2.45) is 0 Å². The fourth-order valence-corrected chi connectivity index (χ4v) is 7.02. The molecule has 0 aromatic carbocycles. The Morgan fingerprint density at radius 3 is 0.929 bits per heavy atom. The molecule has 0 radical (unpaired) electrons. The number of hydrogen-bond acceptors (Lipinski definition) is 3. The minimum absolute atomic E-state index is 0.678. The predicted octanol–water partition coefficient (Wildman–Crippen LogP) is 12.6. The number of unbranched alkanes of at least 4 members (excludes halogenated alkanes) is 27. The van der Waals surface area contributed by atoms with Crippen LogP contribution in [0, 0.1) is 0 Å². The van der Waals surface area contributed by atoms with Gasteiger partial charge < -0.3 is 0 Å². The summed E-state index contributed by atoms with van der Waals surface area (Å²) in [5.41, 5.74) is 0. The second kappa shape index (κ2) is 32.3. The molecule has 0 amide bonds. The van der Waals surface area contributed by atoms with Gasteiger partial charge in [0.1, 0.15) is 0 Å². The number of nitrogens with zero attached hydrogens (tertiary/aromatic N) is 2. The topological polar surface area (TPSA) is 18.5 Å². The summed E-state index contributed by atoms with van der Waals surface area (Å²) in [4.78, 5) is 5.64. The van der Waals surface area contributed by atoms with Gasteiger partial charge in [0.05, 0.1) is 19.5 Å². The predicted molar refractivity (Wildman–Crippen MR) is 190 cm³/mol. The van der Waals surface area contributed by atoms with Crippen LogP contribution in [0.4, 0.5) is 0 Å². The Hall–Kier alpha value is -0.120. The molecule has 1 saturated heterocycles. The summed E-state index contributed by atoms with van der Waals surface area (Å²) < 4.78 is 0. The van der Waals surface area contributed by atoms with Crippen molar-refractivity contribution in [3.05, 3.63) is 0 Å². The first-order valence-corrected chi connectivity index (χ1v) is 20.0. The van der Waals surface area contributed by atoms with Crippen LogP contribution in [0.15, 0.2) is 0 Å². The highest BCUT2D eigenvalue weighted by atomic mass is 15.5. The Morgan fingerprint density at radius 2 is 0.619 bits per heavy atom. The summed E-state index contributed by atoms with van der Waals surface area (Å²) >= 11 is 0. The normalized spacial score (nSPS) is 15.2. The standard InChI is InChI=1S/C39H81N3/c1-4-7-10-13-16-19-22-25-28-31-34-39-41(35-32-29-26-23-20-17-14-11-8-5-2)37-40-38-42(39)36-33-30-27-24-21-18-15-12-9-6-3/h39-40H,4-38H2,1-3H3. The van der Waals surface area contributed by atoms with Crippen LogP contribution in [-0.4, -0.2) is 42.4 Å². The zero-order valence-corrected chi connectivity index (χ0v) is 29.7. The molecule has 1 heterocycles.